The molecule has 5 nitrogen and oxygen atoms in total. The highest BCUT2D eigenvalue weighted by Crippen LogP contribution is 2.15. The van der Waals surface area contributed by atoms with Crippen LogP contribution in [-0.4, -0.2) is 28.0 Å². The number of imidazole rings is 1. The third-order valence-electron chi connectivity index (χ3n) is 2.38. The molecule has 0 N–H and O–H groups in total. The van der Waals surface area contributed by atoms with Gasteiger partial charge in [0.15, 0.2) is 0 Å². The number of aromatic nitrogens is 2. The minimum absolute atomic E-state index is 0.177. The van der Waals surface area contributed by atoms with Crippen molar-refractivity contribution in [3.05, 3.63) is 30.1 Å². The molecule has 0 unspecified atom stereocenters. The topological polar surface area (TPSA) is 61.2 Å². The molecule has 1 aromatic heterocycles. The van der Waals surface area contributed by atoms with E-state index in [-0.39, 0.29) is 6.61 Å². The van der Waals surface area contributed by atoms with E-state index in [2.05, 4.69) is 4.98 Å². The third-order valence-corrected chi connectivity index (χ3v) is 2.38. The van der Waals surface area contributed by atoms with Crippen molar-refractivity contribution in [1.29, 1.82) is 0 Å². The fourth-order valence-electron chi connectivity index (χ4n) is 1.69. The maximum Gasteiger partial charge on any atom is 0.397 e. The van der Waals surface area contributed by atoms with Gasteiger partial charge in [0.1, 0.15) is 5.82 Å². The molecule has 17 heavy (non-hydrogen) atoms. The molecule has 0 saturated heterocycles. The molecular formula is C12H12N2O3. The number of ether oxygens (including phenoxy) is 1. The molecule has 5 heteroatoms. The maximum atomic E-state index is 11.9. The SMILES string of the molecule is CCOC(=O)C(=O)n1c(C)nc2ccccc21. The van der Waals surface area contributed by atoms with Crippen molar-refractivity contribution >= 4 is 22.9 Å². The summed E-state index contributed by atoms with van der Waals surface area (Å²) in [5.41, 5.74) is 1.30. The Kier molecular flexibility index (Phi) is 2.91. The second-order valence-corrected chi connectivity index (χ2v) is 3.51. The summed E-state index contributed by atoms with van der Waals surface area (Å²) in [6, 6.07) is 7.15. The highest BCUT2D eigenvalue weighted by molar-refractivity contribution is 6.34. The average Bonchev–Trinajstić information content (AvgIpc) is 2.64. The summed E-state index contributed by atoms with van der Waals surface area (Å²) >= 11 is 0. The zero-order valence-corrected chi connectivity index (χ0v) is 9.64. The maximum absolute atomic E-state index is 11.9. The van der Waals surface area contributed by atoms with Crippen molar-refractivity contribution in [2.75, 3.05) is 6.61 Å². The summed E-state index contributed by atoms with van der Waals surface area (Å²) in [7, 11) is 0. The Balaban J connectivity index is 2.51. The van der Waals surface area contributed by atoms with Crippen molar-refractivity contribution < 1.29 is 14.3 Å². The predicted molar refractivity (Wildman–Crippen MR) is 61.7 cm³/mol. The minimum atomic E-state index is -0.862. The number of para-hydroxylation sites is 2. The van der Waals surface area contributed by atoms with Gasteiger partial charge in [-0.15, -0.1) is 0 Å². The Labute approximate surface area is 98.0 Å². The Morgan fingerprint density at radius 1 is 1.35 bits per heavy atom. The van der Waals surface area contributed by atoms with Gasteiger partial charge in [0, 0.05) is 0 Å². The molecule has 0 radical (unpaired) electrons. The summed E-state index contributed by atoms with van der Waals surface area (Å²) < 4.78 is 5.97. The first kappa shape index (κ1) is 11.3. The van der Waals surface area contributed by atoms with E-state index in [4.69, 9.17) is 4.74 Å². The van der Waals surface area contributed by atoms with Gasteiger partial charge >= 0.3 is 11.9 Å². The summed E-state index contributed by atoms with van der Waals surface area (Å²) in [4.78, 5) is 27.5. The molecule has 2 aromatic rings. The number of fused-ring (bicyclic) bond motifs is 1. The number of hydrogen-bond donors (Lipinski definition) is 0. The zero-order chi connectivity index (χ0) is 12.4. The van der Waals surface area contributed by atoms with Gasteiger partial charge in [-0.05, 0) is 26.0 Å². The molecule has 2 rings (SSSR count). The van der Waals surface area contributed by atoms with Crippen LogP contribution in [0.15, 0.2) is 24.3 Å². The van der Waals surface area contributed by atoms with Crippen molar-refractivity contribution in [2.24, 2.45) is 0 Å². The lowest BCUT2D eigenvalue weighted by atomic mass is 10.3. The largest absolute Gasteiger partial charge is 0.459 e. The quantitative estimate of drug-likeness (QED) is 0.552. The van der Waals surface area contributed by atoms with Crippen molar-refractivity contribution in [3.63, 3.8) is 0 Å². The number of esters is 1. The van der Waals surface area contributed by atoms with E-state index in [1.807, 2.05) is 6.07 Å². The highest BCUT2D eigenvalue weighted by Gasteiger charge is 2.21. The van der Waals surface area contributed by atoms with Crippen LogP contribution >= 0.6 is 0 Å². The van der Waals surface area contributed by atoms with Crippen LogP contribution in [-0.2, 0) is 9.53 Å². The van der Waals surface area contributed by atoms with Crippen molar-refractivity contribution in [1.82, 2.24) is 9.55 Å². The summed E-state index contributed by atoms with van der Waals surface area (Å²) in [6.07, 6.45) is 0. The van der Waals surface area contributed by atoms with E-state index in [0.29, 0.717) is 16.9 Å². The molecule has 1 aromatic carbocycles. The molecule has 88 valence electrons. The number of carbonyl (C=O) groups is 2. The molecule has 0 aliphatic rings. The van der Waals surface area contributed by atoms with Gasteiger partial charge in [0.25, 0.3) is 0 Å². The van der Waals surface area contributed by atoms with Gasteiger partial charge in [-0.25, -0.2) is 9.78 Å². The van der Waals surface area contributed by atoms with E-state index < -0.39 is 11.9 Å². The summed E-state index contributed by atoms with van der Waals surface area (Å²) in [5.74, 6) is -1.10. The monoisotopic (exact) mass is 232 g/mol. The van der Waals surface area contributed by atoms with E-state index in [1.165, 1.54) is 4.57 Å². The number of hydrogen-bond acceptors (Lipinski definition) is 4. The predicted octanol–water partition coefficient (Wildman–Crippen LogP) is 1.55. The first-order valence-electron chi connectivity index (χ1n) is 5.30. The van der Waals surface area contributed by atoms with Crippen LogP contribution in [0.3, 0.4) is 0 Å². The molecule has 0 aliphatic carbocycles. The van der Waals surface area contributed by atoms with Crippen molar-refractivity contribution in [2.45, 2.75) is 13.8 Å². The van der Waals surface area contributed by atoms with E-state index >= 15 is 0 Å². The second-order valence-electron chi connectivity index (χ2n) is 3.51. The molecule has 0 atom stereocenters. The van der Waals surface area contributed by atoms with Crippen LogP contribution in [0, 0.1) is 6.92 Å². The van der Waals surface area contributed by atoms with Crippen LogP contribution in [0.5, 0.6) is 0 Å². The molecular weight excluding hydrogens is 220 g/mol. The molecule has 0 aliphatic heterocycles. The van der Waals surface area contributed by atoms with Crippen LogP contribution < -0.4 is 0 Å². The molecule has 0 saturated carbocycles. The van der Waals surface area contributed by atoms with Gasteiger partial charge in [0.2, 0.25) is 0 Å². The number of rotatable bonds is 1. The van der Waals surface area contributed by atoms with Gasteiger partial charge in [-0.2, -0.15) is 0 Å². The first-order valence-corrected chi connectivity index (χ1v) is 5.30. The molecule has 1 heterocycles. The second kappa shape index (κ2) is 4.37. The molecule has 0 fully saturated rings. The van der Waals surface area contributed by atoms with E-state index in [1.54, 1.807) is 32.0 Å². The van der Waals surface area contributed by atoms with Crippen LogP contribution in [0.1, 0.15) is 17.5 Å². The fraction of sp³-hybridized carbons (Fsp3) is 0.250. The molecule has 0 amide bonds. The molecule has 0 bridgehead atoms. The standard InChI is InChI=1S/C12H12N2O3/c1-3-17-12(16)11(15)14-8(2)13-9-6-4-5-7-10(9)14/h4-7H,3H2,1-2H3. The summed E-state index contributed by atoms with van der Waals surface area (Å²) in [5, 5.41) is 0. The summed E-state index contributed by atoms with van der Waals surface area (Å²) in [6.45, 7) is 3.51. The van der Waals surface area contributed by atoms with E-state index in [0.717, 1.165) is 0 Å². The van der Waals surface area contributed by atoms with Gasteiger partial charge in [0.05, 0.1) is 17.6 Å². The van der Waals surface area contributed by atoms with Gasteiger partial charge in [-0.1, -0.05) is 12.1 Å². The fourth-order valence-corrected chi connectivity index (χ4v) is 1.69. The smallest absolute Gasteiger partial charge is 0.397 e. The molecule has 0 spiro atoms. The first-order chi connectivity index (χ1) is 8.15. The van der Waals surface area contributed by atoms with Gasteiger partial charge < -0.3 is 4.74 Å². The van der Waals surface area contributed by atoms with Crippen LogP contribution in [0.2, 0.25) is 0 Å². The third kappa shape index (κ3) is 1.91. The number of benzene rings is 1. The lowest BCUT2D eigenvalue weighted by Crippen LogP contribution is -2.24. The Bertz CT molecular complexity index is 586. The minimum Gasteiger partial charge on any atom is -0.459 e. The van der Waals surface area contributed by atoms with E-state index in [9.17, 15) is 9.59 Å². The average molecular weight is 232 g/mol. The number of aryl methyl sites for hydroxylation is 1. The van der Waals surface area contributed by atoms with Crippen LogP contribution in [0.4, 0.5) is 0 Å². The highest BCUT2D eigenvalue weighted by atomic mass is 16.5. The number of nitrogens with zero attached hydrogens (tertiary/aromatic N) is 2. The van der Waals surface area contributed by atoms with Crippen LogP contribution in [0.25, 0.3) is 11.0 Å². The van der Waals surface area contributed by atoms with Crippen molar-refractivity contribution in [3.8, 4) is 0 Å². The Morgan fingerprint density at radius 3 is 2.76 bits per heavy atom. The Hall–Kier alpha value is -2.17. The lowest BCUT2D eigenvalue weighted by Gasteiger charge is -2.04. The normalized spacial score (nSPS) is 10.5. The lowest BCUT2D eigenvalue weighted by molar-refractivity contribution is -0.138. The number of carbonyl (C=O) groups excluding carboxylic acids is 2. The Morgan fingerprint density at radius 2 is 2.06 bits per heavy atom. The van der Waals surface area contributed by atoms with Gasteiger partial charge in [-0.3, -0.25) is 9.36 Å². The zero-order valence-electron chi connectivity index (χ0n) is 9.64.